The third kappa shape index (κ3) is 4.58. The Morgan fingerprint density at radius 2 is 2.18 bits per heavy atom. The minimum Gasteiger partial charge on any atom is -0.208 e. The first-order valence-electron chi connectivity index (χ1n) is 5.33. The summed E-state index contributed by atoms with van der Waals surface area (Å²) in [6.07, 6.45) is 1.35. The summed E-state index contributed by atoms with van der Waals surface area (Å²) >= 11 is 8.89. The van der Waals surface area contributed by atoms with Gasteiger partial charge in [-0.2, -0.15) is 0 Å². The van der Waals surface area contributed by atoms with E-state index < -0.39 is 10.0 Å². The fraction of sp³-hybridized carbons (Fsp3) is 0.455. The number of nitrogens with one attached hydrogen (secondary N) is 1. The molecule has 0 heterocycles. The van der Waals surface area contributed by atoms with Crippen LogP contribution in [0.15, 0.2) is 33.6 Å². The van der Waals surface area contributed by atoms with Crippen molar-refractivity contribution in [1.82, 2.24) is 4.72 Å². The van der Waals surface area contributed by atoms with Gasteiger partial charge in [0.15, 0.2) is 0 Å². The molecular formula is C11H15BrClNO2S. The lowest BCUT2D eigenvalue weighted by molar-refractivity contribution is 0.531. The molecule has 3 nitrogen and oxygen atoms in total. The summed E-state index contributed by atoms with van der Waals surface area (Å²) in [5, 5.41) is 0. The molecule has 1 unspecified atom stereocenters. The first kappa shape index (κ1) is 15.0. The molecule has 17 heavy (non-hydrogen) atoms. The zero-order valence-corrected chi connectivity index (χ0v) is 12.6. The van der Waals surface area contributed by atoms with E-state index in [1.54, 1.807) is 24.3 Å². The molecule has 6 heteroatoms. The van der Waals surface area contributed by atoms with Crippen LogP contribution in [0, 0.1) is 0 Å². The Kier molecular flexibility index (Phi) is 5.92. The average Bonchev–Trinajstić information content (AvgIpc) is 2.28. The van der Waals surface area contributed by atoms with Gasteiger partial charge in [-0.25, -0.2) is 13.1 Å². The van der Waals surface area contributed by atoms with Crippen molar-refractivity contribution in [3.63, 3.8) is 0 Å². The maximum Gasteiger partial charge on any atom is 0.240 e. The minimum atomic E-state index is -3.45. The summed E-state index contributed by atoms with van der Waals surface area (Å²) in [6, 6.07) is 6.52. The topological polar surface area (TPSA) is 46.2 Å². The quantitative estimate of drug-likeness (QED) is 0.809. The smallest absolute Gasteiger partial charge is 0.208 e. The van der Waals surface area contributed by atoms with Crippen molar-refractivity contribution in [3.8, 4) is 0 Å². The Labute approximate surface area is 116 Å². The number of halogens is 2. The monoisotopic (exact) mass is 339 g/mol. The van der Waals surface area contributed by atoms with Gasteiger partial charge in [0.1, 0.15) is 0 Å². The molecule has 0 aliphatic heterocycles. The summed E-state index contributed by atoms with van der Waals surface area (Å²) in [7, 11) is -3.45. The fourth-order valence-electron chi connectivity index (χ4n) is 1.40. The number of sulfonamides is 1. The van der Waals surface area contributed by atoms with Crippen molar-refractivity contribution in [3.05, 3.63) is 28.7 Å². The molecule has 0 spiro atoms. The predicted octanol–water partition coefficient (Wildman–Crippen LogP) is 3.13. The Balaban J connectivity index is 2.88. The molecule has 0 radical (unpaired) electrons. The van der Waals surface area contributed by atoms with E-state index in [0.717, 1.165) is 10.9 Å². The van der Waals surface area contributed by atoms with Crippen LogP contribution in [-0.4, -0.2) is 20.3 Å². The van der Waals surface area contributed by atoms with Crippen molar-refractivity contribution < 1.29 is 8.42 Å². The van der Waals surface area contributed by atoms with E-state index in [0.29, 0.717) is 12.3 Å². The SMILES string of the molecule is CCC(CCCl)NS(=O)(=O)c1cccc(Br)c1. The number of rotatable bonds is 6. The molecular weight excluding hydrogens is 326 g/mol. The molecule has 1 rings (SSSR count). The number of alkyl halides is 1. The molecule has 0 bridgehead atoms. The second kappa shape index (κ2) is 6.73. The molecule has 1 atom stereocenters. The lowest BCUT2D eigenvalue weighted by atomic mass is 10.2. The van der Waals surface area contributed by atoms with Crippen LogP contribution < -0.4 is 4.72 Å². The van der Waals surface area contributed by atoms with Crippen LogP contribution in [0.25, 0.3) is 0 Å². The molecule has 1 aromatic rings. The van der Waals surface area contributed by atoms with Crippen LogP contribution in [0.2, 0.25) is 0 Å². The predicted molar refractivity (Wildman–Crippen MR) is 73.9 cm³/mol. The van der Waals surface area contributed by atoms with E-state index in [2.05, 4.69) is 20.7 Å². The van der Waals surface area contributed by atoms with Gasteiger partial charge in [-0.15, -0.1) is 11.6 Å². The van der Waals surface area contributed by atoms with Gasteiger partial charge in [0, 0.05) is 16.4 Å². The van der Waals surface area contributed by atoms with E-state index in [-0.39, 0.29) is 10.9 Å². The maximum atomic E-state index is 12.1. The first-order chi connectivity index (χ1) is 7.99. The molecule has 0 saturated carbocycles. The molecule has 0 aliphatic rings. The zero-order chi connectivity index (χ0) is 12.9. The largest absolute Gasteiger partial charge is 0.240 e. The molecule has 0 saturated heterocycles. The van der Waals surface area contributed by atoms with E-state index in [9.17, 15) is 8.42 Å². The Bertz CT molecular complexity index is 464. The highest BCUT2D eigenvalue weighted by molar-refractivity contribution is 9.10. The molecule has 96 valence electrons. The summed E-state index contributed by atoms with van der Waals surface area (Å²) in [5.74, 6) is 0.444. The van der Waals surface area contributed by atoms with E-state index >= 15 is 0 Å². The van der Waals surface area contributed by atoms with Gasteiger partial charge in [-0.3, -0.25) is 0 Å². The molecule has 0 amide bonds. The van der Waals surface area contributed by atoms with Crippen molar-refractivity contribution >= 4 is 37.6 Å². The number of hydrogen-bond acceptors (Lipinski definition) is 2. The van der Waals surface area contributed by atoms with Gasteiger partial charge >= 0.3 is 0 Å². The van der Waals surface area contributed by atoms with Crippen molar-refractivity contribution in [2.45, 2.75) is 30.7 Å². The molecule has 1 N–H and O–H groups in total. The Hall–Kier alpha value is -0.100. The molecule has 0 aliphatic carbocycles. The van der Waals surface area contributed by atoms with Gasteiger partial charge in [0.2, 0.25) is 10.0 Å². The second-order valence-electron chi connectivity index (χ2n) is 3.66. The first-order valence-corrected chi connectivity index (χ1v) is 8.14. The highest BCUT2D eigenvalue weighted by Crippen LogP contribution is 2.17. The Morgan fingerprint density at radius 1 is 1.47 bits per heavy atom. The maximum absolute atomic E-state index is 12.1. The van der Waals surface area contributed by atoms with Gasteiger partial charge in [0.05, 0.1) is 4.90 Å². The van der Waals surface area contributed by atoms with Crippen LogP contribution in [-0.2, 0) is 10.0 Å². The molecule has 0 aromatic heterocycles. The van der Waals surface area contributed by atoms with Crippen molar-refractivity contribution in [2.24, 2.45) is 0 Å². The zero-order valence-electron chi connectivity index (χ0n) is 9.49. The fourth-order valence-corrected chi connectivity index (χ4v) is 3.61. The van der Waals surface area contributed by atoms with Gasteiger partial charge in [-0.05, 0) is 31.0 Å². The third-order valence-corrected chi connectivity index (χ3v) is 4.61. The van der Waals surface area contributed by atoms with Crippen LogP contribution in [0.4, 0.5) is 0 Å². The van der Waals surface area contributed by atoms with E-state index in [1.807, 2.05) is 6.92 Å². The van der Waals surface area contributed by atoms with Gasteiger partial charge in [-0.1, -0.05) is 28.9 Å². The van der Waals surface area contributed by atoms with Crippen LogP contribution in [0.3, 0.4) is 0 Å². The van der Waals surface area contributed by atoms with Crippen molar-refractivity contribution in [2.75, 3.05) is 5.88 Å². The van der Waals surface area contributed by atoms with Crippen molar-refractivity contribution in [1.29, 1.82) is 0 Å². The Morgan fingerprint density at radius 3 is 2.71 bits per heavy atom. The summed E-state index contributed by atoms with van der Waals surface area (Å²) in [5.41, 5.74) is 0. The van der Waals surface area contributed by atoms with Crippen LogP contribution >= 0.6 is 27.5 Å². The lowest BCUT2D eigenvalue weighted by Gasteiger charge is -2.15. The molecule has 0 fully saturated rings. The van der Waals surface area contributed by atoms with Gasteiger partial charge in [0.25, 0.3) is 0 Å². The van der Waals surface area contributed by atoms with Crippen LogP contribution in [0.1, 0.15) is 19.8 Å². The highest BCUT2D eigenvalue weighted by atomic mass is 79.9. The number of hydrogen-bond donors (Lipinski definition) is 1. The third-order valence-electron chi connectivity index (χ3n) is 2.38. The molecule has 1 aromatic carbocycles. The summed E-state index contributed by atoms with van der Waals surface area (Å²) < 4.78 is 27.5. The summed E-state index contributed by atoms with van der Waals surface area (Å²) in [4.78, 5) is 0.264. The van der Waals surface area contributed by atoms with E-state index in [1.165, 1.54) is 0 Å². The van der Waals surface area contributed by atoms with Crippen LogP contribution in [0.5, 0.6) is 0 Å². The average molecular weight is 341 g/mol. The number of benzene rings is 1. The summed E-state index contributed by atoms with van der Waals surface area (Å²) in [6.45, 7) is 1.93. The van der Waals surface area contributed by atoms with Gasteiger partial charge < -0.3 is 0 Å². The normalized spacial score (nSPS) is 13.6. The lowest BCUT2D eigenvalue weighted by Crippen LogP contribution is -2.34. The van der Waals surface area contributed by atoms with E-state index in [4.69, 9.17) is 11.6 Å². The second-order valence-corrected chi connectivity index (χ2v) is 6.67. The standard InChI is InChI=1S/C11H15BrClNO2S/c1-2-10(6-7-13)14-17(15,16)11-5-3-4-9(12)8-11/h3-5,8,10,14H,2,6-7H2,1H3. The highest BCUT2D eigenvalue weighted by Gasteiger charge is 2.18. The minimum absolute atomic E-state index is 0.114.